The van der Waals surface area contributed by atoms with Gasteiger partial charge in [0.1, 0.15) is 11.6 Å². The van der Waals surface area contributed by atoms with Crippen molar-refractivity contribution in [1.82, 2.24) is 10.2 Å². The Morgan fingerprint density at radius 3 is 2.58 bits per heavy atom. The molecule has 0 atom stereocenters. The van der Waals surface area contributed by atoms with Gasteiger partial charge in [-0.15, -0.1) is 0 Å². The van der Waals surface area contributed by atoms with Gasteiger partial charge in [-0.2, -0.15) is 0 Å². The lowest BCUT2D eigenvalue weighted by atomic mass is 10.2. The zero-order valence-electron chi connectivity index (χ0n) is 13.9. The highest BCUT2D eigenvalue weighted by Crippen LogP contribution is 2.24. The summed E-state index contributed by atoms with van der Waals surface area (Å²) < 4.78 is 18.1. The number of carbonyl (C=O) groups is 2. The van der Waals surface area contributed by atoms with Crippen molar-refractivity contribution in [2.45, 2.75) is 32.1 Å². The number of hydrogen-bond donors (Lipinski definition) is 2. The largest absolute Gasteiger partial charge is 0.494 e. The third kappa shape index (κ3) is 5.40. The van der Waals surface area contributed by atoms with Gasteiger partial charge in [-0.25, -0.2) is 9.18 Å². The van der Waals surface area contributed by atoms with E-state index in [2.05, 4.69) is 10.6 Å². The zero-order valence-corrected chi connectivity index (χ0v) is 13.9. The van der Waals surface area contributed by atoms with Gasteiger partial charge in [0.25, 0.3) is 0 Å². The highest BCUT2D eigenvalue weighted by atomic mass is 19.1. The molecule has 0 saturated carbocycles. The minimum atomic E-state index is -0.455. The van der Waals surface area contributed by atoms with E-state index in [4.69, 9.17) is 4.74 Å². The van der Waals surface area contributed by atoms with Crippen molar-refractivity contribution >= 4 is 17.6 Å². The Labute approximate surface area is 141 Å². The maximum atomic E-state index is 13.1. The van der Waals surface area contributed by atoms with Crippen LogP contribution in [0, 0.1) is 5.82 Å². The topological polar surface area (TPSA) is 70.7 Å². The Morgan fingerprint density at radius 2 is 1.92 bits per heavy atom. The normalized spacial score (nSPS) is 14.7. The number of halogens is 1. The molecule has 1 aliphatic rings. The van der Waals surface area contributed by atoms with Crippen LogP contribution in [0.5, 0.6) is 5.75 Å². The predicted octanol–water partition coefficient (Wildman–Crippen LogP) is 2.75. The monoisotopic (exact) mass is 337 g/mol. The zero-order chi connectivity index (χ0) is 17.4. The summed E-state index contributed by atoms with van der Waals surface area (Å²) in [7, 11) is 1.40. The van der Waals surface area contributed by atoms with E-state index >= 15 is 0 Å². The highest BCUT2D eigenvalue weighted by molar-refractivity contribution is 5.91. The first kappa shape index (κ1) is 18.0. The number of benzene rings is 1. The SMILES string of the molecule is COc1cc(F)ccc1NC(=O)NCCC(=O)N1CCCCCC1. The molecule has 1 aromatic rings. The van der Waals surface area contributed by atoms with Gasteiger partial charge in [-0.3, -0.25) is 4.79 Å². The summed E-state index contributed by atoms with van der Waals surface area (Å²) in [4.78, 5) is 25.9. The lowest BCUT2D eigenvalue weighted by Crippen LogP contribution is -2.36. The van der Waals surface area contributed by atoms with E-state index in [1.54, 1.807) is 0 Å². The Morgan fingerprint density at radius 1 is 1.21 bits per heavy atom. The molecule has 6 nitrogen and oxygen atoms in total. The Hall–Kier alpha value is -2.31. The van der Waals surface area contributed by atoms with Crippen LogP contribution in [0.25, 0.3) is 0 Å². The van der Waals surface area contributed by atoms with Crippen molar-refractivity contribution in [3.63, 3.8) is 0 Å². The van der Waals surface area contributed by atoms with E-state index in [-0.39, 0.29) is 24.6 Å². The Bertz CT molecular complexity index is 572. The van der Waals surface area contributed by atoms with Crippen LogP contribution in [0.15, 0.2) is 18.2 Å². The summed E-state index contributed by atoms with van der Waals surface area (Å²) in [5, 5.41) is 5.22. The van der Waals surface area contributed by atoms with E-state index in [1.165, 1.54) is 38.2 Å². The van der Waals surface area contributed by atoms with Crippen LogP contribution in [-0.4, -0.2) is 43.6 Å². The van der Waals surface area contributed by atoms with Gasteiger partial charge in [-0.05, 0) is 25.0 Å². The minimum absolute atomic E-state index is 0.0663. The van der Waals surface area contributed by atoms with Crippen LogP contribution in [-0.2, 0) is 4.79 Å². The fourth-order valence-corrected chi connectivity index (χ4v) is 2.70. The minimum Gasteiger partial charge on any atom is -0.494 e. The standard InChI is InChI=1S/C17H24FN3O3/c1-24-15-12-13(18)6-7-14(15)20-17(23)19-9-8-16(22)21-10-4-2-3-5-11-21/h6-7,12H,2-5,8-11H2,1H3,(H2,19,20,23). The molecule has 0 unspecified atom stereocenters. The molecule has 0 spiro atoms. The van der Waals surface area contributed by atoms with Crippen LogP contribution in [0.3, 0.4) is 0 Å². The second-order valence-electron chi connectivity index (χ2n) is 5.77. The van der Waals surface area contributed by atoms with Crippen molar-refractivity contribution in [3.8, 4) is 5.75 Å². The number of urea groups is 1. The molecular formula is C17H24FN3O3. The number of nitrogens with zero attached hydrogens (tertiary/aromatic N) is 1. The molecule has 1 aromatic carbocycles. The van der Waals surface area contributed by atoms with Crippen LogP contribution in [0.1, 0.15) is 32.1 Å². The molecule has 2 rings (SSSR count). The molecular weight excluding hydrogens is 313 g/mol. The van der Waals surface area contributed by atoms with Gasteiger partial charge in [0.15, 0.2) is 0 Å². The number of likely N-dealkylation sites (tertiary alicyclic amines) is 1. The molecule has 1 fully saturated rings. The van der Waals surface area contributed by atoms with Gasteiger partial charge in [0, 0.05) is 32.1 Å². The van der Waals surface area contributed by atoms with Crippen LogP contribution in [0.4, 0.5) is 14.9 Å². The van der Waals surface area contributed by atoms with Crippen molar-refractivity contribution in [3.05, 3.63) is 24.0 Å². The summed E-state index contributed by atoms with van der Waals surface area (Å²) in [6.07, 6.45) is 4.70. The number of carbonyl (C=O) groups excluding carboxylic acids is 2. The number of ether oxygens (including phenoxy) is 1. The summed E-state index contributed by atoms with van der Waals surface area (Å²) in [5.41, 5.74) is 0.371. The van der Waals surface area contributed by atoms with Gasteiger partial charge in [0.05, 0.1) is 12.8 Å². The molecule has 1 saturated heterocycles. The van der Waals surface area contributed by atoms with E-state index in [9.17, 15) is 14.0 Å². The van der Waals surface area contributed by atoms with Crippen LogP contribution >= 0.6 is 0 Å². The number of hydrogen-bond acceptors (Lipinski definition) is 3. The van der Waals surface area contributed by atoms with Crippen molar-refractivity contribution in [1.29, 1.82) is 0 Å². The maximum Gasteiger partial charge on any atom is 0.319 e. The van der Waals surface area contributed by atoms with Crippen molar-refractivity contribution in [2.24, 2.45) is 0 Å². The summed E-state index contributed by atoms with van der Waals surface area (Å²) in [6, 6.07) is 3.40. The average Bonchev–Trinajstić information content (AvgIpc) is 2.85. The van der Waals surface area contributed by atoms with E-state index < -0.39 is 11.8 Å². The number of methoxy groups -OCH3 is 1. The van der Waals surface area contributed by atoms with E-state index in [1.807, 2.05) is 4.90 Å². The van der Waals surface area contributed by atoms with Crippen molar-refractivity contribution in [2.75, 3.05) is 32.1 Å². The first-order valence-corrected chi connectivity index (χ1v) is 8.26. The maximum absolute atomic E-state index is 13.1. The third-order valence-electron chi connectivity index (χ3n) is 3.99. The van der Waals surface area contributed by atoms with Gasteiger partial charge in [0.2, 0.25) is 5.91 Å². The molecule has 132 valence electrons. The number of rotatable bonds is 5. The van der Waals surface area contributed by atoms with E-state index in [0.29, 0.717) is 5.69 Å². The average molecular weight is 337 g/mol. The van der Waals surface area contributed by atoms with Crippen LogP contribution < -0.4 is 15.4 Å². The second kappa shape index (κ2) is 9.10. The molecule has 1 aliphatic heterocycles. The second-order valence-corrected chi connectivity index (χ2v) is 5.77. The molecule has 0 radical (unpaired) electrons. The first-order chi connectivity index (χ1) is 11.6. The molecule has 0 bridgehead atoms. The summed E-state index contributed by atoms with van der Waals surface area (Å²) >= 11 is 0. The molecule has 1 heterocycles. The Kier molecular flexibility index (Phi) is 6.84. The molecule has 2 N–H and O–H groups in total. The lowest BCUT2D eigenvalue weighted by molar-refractivity contribution is -0.131. The number of nitrogens with one attached hydrogen (secondary N) is 2. The molecule has 0 aromatic heterocycles. The van der Waals surface area contributed by atoms with Crippen LogP contribution in [0.2, 0.25) is 0 Å². The first-order valence-electron chi connectivity index (χ1n) is 8.26. The molecule has 24 heavy (non-hydrogen) atoms. The fraction of sp³-hybridized carbons (Fsp3) is 0.529. The fourth-order valence-electron chi connectivity index (χ4n) is 2.70. The van der Waals surface area contributed by atoms with Gasteiger partial charge < -0.3 is 20.3 Å². The molecule has 3 amide bonds. The highest BCUT2D eigenvalue weighted by Gasteiger charge is 2.15. The van der Waals surface area contributed by atoms with Crippen molar-refractivity contribution < 1.29 is 18.7 Å². The van der Waals surface area contributed by atoms with Gasteiger partial charge in [-0.1, -0.05) is 12.8 Å². The molecule has 0 aliphatic carbocycles. The summed E-state index contributed by atoms with van der Waals surface area (Å²) in [5.74, 6) is -0.136. The predicted molar refractivity (Wildman–Crippen MR) is 89.6 cm³/mol. The van der Waals surface area contributed by atoms with E-state index in [0.717, 1.165) is 25.9 Å². The summed E-state index contributed by atoms with van der Waals surface area (Å²) in [6.45, 7) is 1.86. The molecule has 7 heteroatoms. The smallest absolute Gasteiger partial charge is 0.319 e. The number of amides is 3. The quantitative estimate of drug-likeness (QED) is 0.868. The number of anilines is 1. The van der Waals surface area contributed by atoms with Gasteiger partial charge >= 0.3 is 6.03 Å². The lowest BCUT2D eigenvalue weighted by Gasteiger charge is -2.20. The Balaban J connectivity index is 1.76. The third-order valence-corrected chi connectivity index (χ3v) is 3.99.